The van der Waals surface area contributed by atoms with E-state index in [1.807, 2.05) is 0 Å². The lowest BCUT2D eigenvalue weighted by Crippen LogP contribution is -3.11. The van der Waals surface area contributed by atoms with Gasteiger partial charge in [-0.2, -0.15) is 0 Å². The number of hydrogen-bond acceptors (Lipinski definition) is 3. The maximum absolute atomic E-state index is 8.33. The smallest absolute Gasteiger partial charge is 0.0742 e. The summed E-state index contributed by atoms with van der Waals surface area (Å²) in [6.45, 7) is 21.0. The highest BCUT2D eigenvalue weighted by molar-refractivity contribution is 5.47. The minimum atomic E-state index is -2.33. The molecule has 0 spiro atoms. The molecule has 0 radical (unpaired) electrons. The predicted octanol–water partition coefficient (Wildman–Crippen LogP) is -3.41. The molecule has 0 aromatic rings. The number of nitrogens with one attached hydrogen (secondary N) is 2. The Kier molecular flexibility index (Phi) is 31.3. The lowest BCUT2D eigenvalue weighted by molar-refractivity contribution is -0.894. The van der Waals surface area contributed by atoms with Gasteiger partial charge in [0.05, 0.1) is 39.3 Å². The Morgan fingerprint density at radius 1 is 0.684 bits per heavy atom. The molecule has 0 saturated carbocycles. The van der Waals surface area contributed by atoms with E-state index >= 15 is 0 Å². The van der Waals surface area contributed by atoms with E-state index in [0.29, 0.717) is 0 Å². The van der Waals surface area contributed by atoms with Gasteiger partial charge in [-0.3, -0.25) is 0 Å². The van der Waals surface area contributed by atoms with E-state index in [0.717, 1.165) is 0 Å². The first kappa shape index (κ1) is 26.7. The summed E-state index contributed by atoms with van der Waals surface area (Å²) in [4.78, 5) is 11.7. The molecule has 0 rings (SSSR count). The van der Waals surface area contributed by atoms with Gasteiger partial charge in [0.2, 0.25) is 0 Å². The van der Waals surface area contributed by atoms with Crippen LogP contribution in [0.15, 0.2) is 0 Å². The number of quaternary nitrogens is 2. The lowest BCUT2D eigenvalue weighted by Gasteiger charge is -2.10. The Balaban J connectivity index is -0.0000000900. The second-order valence-corrected chi connectivity index (χ2v) is 3.87. The molecule has 0 bridgehead atoms. The monoisotopic (exact) mass is 282 g/mol. The molecule has 120 valence electrons. The molecule has 0 heterocycles. The summed E-state index contributed by atoms with van der Waals surface area (Å²) in [6, 6.07) is 0. The summed E-state index contributed by atoms with van der Waals surface area (Å²) < 4.78 is 0. The Hall–Kier alpha value is -0.850. The van der Waals surface area contributed by atoms with Crippen LogP contribution in [-0.2, 0) is 0 Å². The average molecular weight is 282 g/mol. The summed E-state index contributed by atoms with van der Waals surface area (Å²) in [7, 11) is 0. The van der Waals surface area contributed by atoms with Gasteiger partial charge in [0.25, 0.3) is 0 Å². The van der Waals surface area contributed by atoms with Crippen molar-refractivity contribution in [2.75, 3.05) is 39.3 Å². The molecule has 6 nitrogen and oxygen atoms in total. The van der Waals surface area contributed by atoms with Gasteiger partial charge in [0.1, 0.15) is 0 Å². The van der Waals surface area contributed by atoms with Crippen LogP contribution >= 0.6 is 0 Å². The molecular weight excluding hydrogens is 248 g/mol. The van der Waals surface area contributed by atoms with Gasteiger partial charge >= 0.3 is 0 Å². The summed E-state index contributed by atoms with van der Waals surface area (Å²) in [5.74, 6) is 0. The van der Waals surface area contributed by atoms with Crippen LogP contribution in [0.5, 0.6) is 0 Å². The van der Waals surface area contributed by atoms with Crippen molar-refractivity contribution >= 4 is 6.16 Å². The number of hydrogen-bond donors (Lipinski definition) is 2. The number of carbonyl (C=O) groups excluding carboxylic acids is 1. The quantitative estimate of drug-likeness (QED) is 0.530. The number of carbonyl (C=O) groups is 1. The van der Waals surface area contributed by atoms with Crippen LogP contribution in [0, 0.1) is 0 Å². The fourth-order valence-electron chi connectivity index (χ4n) is 1.50. The van der Waals surface area contributed by atoms with Crippen LogP contribution in [0.3, 0.4) is 0 Å². The van der Waals surface area contributed by atoms with Crippen molar-refractivity contribution in [2.24, 2.45) is 0 Å². The van der Waals surface area contributed by atoms with Crippen LogP contribution in [0.2, 0.25) is 0 Å². The largest absolute Gasteiger partial charge is 0.652 e. The van der Waals surface area contributed by atoms with E-state index in [-0.39, 0.29) is 5.48 Å². The molecule has 0 aromatic carbocycles. The summed E-state index contributed by atoms with van der Waals surface area (Å²) in [5, 5.41) is 16.7. The number of carboxylic acid groups (broad SMARTS) is 2. The first-order valence-corrected chi connectivity index (χ1v) is 6.98. The second kappa shape index (κ2) is 22.3. The Labute approximate surface area is 118 Å². The highest BCUT2D eigenvalue weighted by Crippen LogP contribution is 1.46. The Morgan fingerprint density at radius 2 is 0.789 bits per heavy atom. The zero-order valence-corrected chi connectivity index (χ0v) is 13.5. The van der Waals surface area contributed by atoms with E-state index in [1.54, 1.807) is 9.80 Å². The van der Waals surface area contributed by atoms with E-state index in [2.05, 4.69) is 41.5 Å². The van der Waals surface area contributed by atoms with Crippen molar-refractivity contribution in [3.05, 3.63) is 0 Å². The normalized spacial score (nSPS) is 8.84. The third kappa shape index (κ3) is 31.7. The standard InChI is InChI=1S/2C6H15N.CH2O3.H2O/c2*1-4-7(5-2)6-3;2-1(3)4;/h2*4-6H2,1-3H3;(H2,2,3,4);1H2. The molecule has 19 heavy (non-hydrogen) atoms. The third-order valence-corrected chi connectivity index (χ3v) is 3.00. The highest BCUT2D eigenvalue weighted by Gasteiger charge is 1.93. The molecule has 0 aliphatic rings. The maximum Gasteiger partial charge on any atom is 0.0742 e. The SMILES string of the molecule is CC[NH+](CC)CC.CC[NH+](CC)CC.O.O=C([O-])[O-]. The fraction of sp³-hybridized carbons (Fsp3) is 0.923. The molecule has 0 atom stereocenters. The van der Waals surface area contributed by atoms with Crippen molar-refractivity contribution in [1.82, 2.24) is 0 Å². The number of rotatable bonds is 6. The first-order chi connectivity index (χ1) is 8.42. The van der Waals surface area contributed by atoms with Crippen molar-refractivity contribution < 1.29 is 30.3 Å². The van der Waals surface area contributed by atoms with Crippen molar-refractivity contribution in [3.63, 3.8) is 0 Å². The van der Waals surface area contributed by atoms with Crippen molar-refractivity contribution in [1.29, 1.82) is 0 Å². The molecule has 0 aliphatic heterocycles. The summed E-state index contributed by atoms with van der Waals surface area (Å²) in [6.07, 6.45) is -2.33. The van der Waals surface area contributed by atoms with Gasteiger partial charge in [0, 0.05) is 0 Å². The topological polar surface area (TPSA) is 104 Å². The maximum atomic E-state index is 8.33. The van der Waals surface area contributed by atoms with Gasteiger partial charge in [-0.15, -0.1) is 0 Å². The van der Waals surface area contributed by atoms with E-state index in [9.17, 15) is 0 Å². The minimum Gasteiger partial charge on any atom is -0.652 e. The first-order valence-electron chi connectivity index (χ1n) is 6.98. The van der Waals surface area contributed by atoms with Gasteiger partial charge < -0.3 is 30.3 Å². The van der Waals surface area contributed by atoms with Crippen molar-refractivity contribution in [3.8, 4) is 0 Å². The van der Waals surface area contributed by atoms with E-state index in [1.165, 1.54) is 39.3 Å². The third-order valence-electron chi connectivity index (χ3n) is 3.00. The van der Waals surface area contributed by atoms with Crippen LogP contribution in [0.25, 0.3) is 0 Å². The second-order valence-electron chi connectivity index (χ2n) is 3.87. The lowest BCUT2D eigenvalue weighted by atomic mass is 10.5. The molecule has 0 fully saturated rings. The zero-order valence-electron chi connectivity index (χ0n) is 13.5. The molecule has 0 aromatic heterocycles. The van der Waals surface area contributed by atoms with Gasteiger partial charge in [-0.25, -0.2) is 0 Å². The molecule has 0 saturated heterocycles. The molecule has 0 aliphatic carbocycles. The van der Waals surface area contributed by atoms with Gasteiger partial charge in [0.15, 0.2) is 0 Å². The summed E-state index contributed by atoms with van der Waals surface area (Å²) in [5.41, 5.74) is 0. The van der Waals surface area contributed by atoms with Gasteiger partial charge in [-0.05, 0) is 47.7 Å². The Morgan fingerprint density at radius 3 is 0.789 bits per heavy atom. The zero-order chi connectivity index (χ0) is 15.0. The fourth-order valence-corrected chi connectivity index (χ4v) is 1.50. The predicted molar refractivity (Wildman–Crippen MR) is 74.2 cm³/mol. The van der Waals surface area contributed by atoms with Crippen LogP contribution < -0.4 is 20.0 Å². The highest BCUT2D eigenvalue weighted by atomic mass is 16.6. The molecule has 0 amide bonds. The van der Waals surface area contributed by atoms with Crippen LogP contribution in [0.4, 0.5) is 4.79 Å². The van der Waals surface area contributed by atoms with Gasteiger partial charge in [-0.1, -0.05) is 0 Å². The van der Waals surface area contributed by atoms with Crippen LogP contribution in [-0.4, -0.2) is 50.9 Å². The molecule has 6 heteroatoms. The van der Waals surface area contributed by atoms with E-state index < -0.39 is 6.16 Å². The van der Waals surface area contributed by atoms with Crippen molar-refractivity contribution in [2.45, 2.75) is 41.5 Å². The van der Waals surface area contributed by atoms with Crippen LogP contribution in [0.1, 0.15) is 41.5 Å². The molecular formula is C13H34N2O4. The Bertz CT molecular complexity index is 134. The minimum absolute atomic E-state index is 0. The average Bonchev–Trinajstić information content (AvgIpc) is 2.34. The molecule has 0 unspecified atom stereocenters. The van der Waals surface area contributed by atoms with E-state index in [4.69, 9.17) is 15.0 Å². The molecule has 4 N–H and O–H groups in total. The summed E-state index contributed by atoms with van der Waals surface area (Å²) >= 11 is 0.